The molecule has 0 aromatic heterocycles. The molecule has 6 nitrogen and oxygen atoms in total. The number of fused-ring (bicyclic) bond motifs is 1. The summed E-state index contributed by atoms with van der Waals surface area (Å²) in [5, 5.41) is 1.30. The molecule has 2 N–H and O–H groups in total. The first-order chi connectivity index (χ1) is 8.99. The standard InChI is InChI=1S/C12H14O6S/c1-16-7-18-12(13)8-5-10(17-2)9-3-4-19(14,15)11(9)6-8/h3-6,14-15H,7H2,1-2H3. The number of hydrogen-bond donors (Lipinski definition) is 2. The summed E-state index contributed by atoms with van der Waals surface area (Å²) in [6.07, 6.45) is 1.56. The summed E-state index contributed by atoms with van der Waals surface area (Å²) in [4.78, 5) is 12.0. The molecule has 0 saturated heterocycles. The van der Waals surface area contributed by atoms with E-state index in [1.165, 1.54) is 31.8 Å². The predicted molar refractivity (Wildman–Crippen MR) is 70.4 cm³/mol. The monoisotopic (exact) mass is 286 g/mol. The Balaban J connectivity index is 2.42. The summed E-state index contributed by atoms with van der Waals surface area (Å²) in [5.74, 6) is -0.236. The maximum atomic E-state index is 11.8. The second-order valence-electron chi connectivity index (χ2n) is 3.82. The molecule has 0 aliphatic carbocycles. The van der Waals surface area contributed by atoms with Gasteiger partial charge >= 0.3 is 5.97 Å². The zero-order valence-electron chi connectivity index (χ0n) is 10.5. The molecule has 0 fully saturated rings. The van der Waals surface area contributed by atoms with Gasteiger partial charge in [0.1, 0.15) is 5.75 Å². The van der Waals surface area contributed by atoms with E-state index < -0.39 is 16.6 Å². The van der Waals surface area contributed by atoms with E-state index in [9.17, 15) is 13.9 Å². The van der Waals surface area contributed by atoms with Gasteiger partial charge in [-0.1, -0.05) is 0 Å². The van der Waals surface area contributed by atoms with Crippen molar-refractivity contribution in [1.82, 2.24) is 0 Å². The maximum absolute atomic E-state index is 11.8. The van der Waals surface area contributed by atoms with Gasteiger partial charge in [-0.3, -0.25) is 9.11 Å². The number of esters is 1. The lowest BCUT2D eigenvalue weighted by Gasteiger charge is -2.26. The number of hydrogen-bond acceptors (Lipinski definition) is 6. The van der Waals surface area contributed by atoms with Crippen LogP contribution in [0.25, 0.3) is 6.08 Å². The van der Waals surface area contributed by atoms with Crippen molar-refractivity contribution in [2.75, 3.05) is 21.0 Å². The zero-order valence-corrected chi connectivity index (χ0v) is 11.3. The highest BCUT2D eigenvalue weighted by molar-refractivity contribution is 8.27. The molecule has 1 aliphatic heterocycles. The van der Waals surface area contributed by atoms with Crippen LogP contribution in [0, 0.1) is 0 Å². The van der Waals surface area contributed by atoms with E-state index in [2.05, 4.69) is 4.74 Å². The molecule has 7 heteroatoms. The molecule has 1 aromatic rings. The second kappa shape index (κ2) is 5.22. The SMILES string of the molecule is COCOC(=O)c1cc(OC)c2c(c1)S(O)(O)C=C2. The Morgan fingerprint density at radius 2 is 2.05 bits per heavy atom. The molecule has 0 bridgehead atoms. The van der Waals surface area contributed by atoms with E-state index in [1.54, 1.807) is 6.08 Å². The number of methoxy groups -OCH3 is 2. The van der Waals surface area contributed by atoms with Gasteiger partial charge in [0.05, 0.1) is 17.6 Å². The van der Waals surface area contributed by atoms with E-state index in [0.29, 0.717) is 11.3 Å². The van der Waals surface area contributed by atoms with Crippen LogP contribution >= 0.6 is 10.6 Å². The molecule has 104 valence electrons. The van der Waals surface area contributed by atoms with Gasteiger partial charge in [0.15, 0.2) is 6.79 Å². The highest BCUT2D eigenvalue weighted by atomic mass is 32.3. The van der Waals surface area contributed by atoms with Crippen LogP contribution in [-0.4, -0.2) is 36.1 Å². The molecule has 0 unspecified atom stereocenters. The summed E-state index contributed by atoms with van der Waals surface area (Å²) in [7, 11) is -0.172. The molecule has 0 atom stereocenters. The molecular weight excluding hydrogens is 272 g/mol. The maximum Gasteiger partial charge on any atom is 0.340 e. The molecule has 0 radical (unpaired) electrons. The first kappa shape index (κ1) is 13.9. The normalized spacial score (nSPS) is 16.8. The Labute approximate surface area is 111 Å². The number of benzene rings is 1. The number of rotatable bonds is 4. The average molecular weight is 286 g/mol. The minimum Gasteiger partial charge on any atom is -0.496 e. The lowest BCUT2D eigenvalue weighted by molar-refractivity contribution is -0.0125. The lowest BCUT2D eigenvalue weighted by Crippen LogP contribution is -2.09. The summed E-state index contributed by atoms with van der Waals surface area (Å²) >= 11 is 0. The van der Waals surface area contributed by atoms with Crippen molar-refractivity contribution in [2.24, 2.45) is 0 Å². The molecule has 0 saturated carbocycles. The van der Waals surface area contributed by atoms with Crippen LogP contribution in [0.3, 0.4) is 0 Å². The third kappa shape index (κ3) is 2.59. The van der Waals surface area contributed by atoms with Gasteiger partial charge < -0.3 is 14.2 Å². The van der Waals surface area contributed by atoms with Gasteiger partial charge in [-0.05, 0) is 18.2 Å². The number of ether oxygens (including phenoxy) is 3. The van der Waals surface area contributed by atoms with Crippen LogP contribution in [0.15, 0.2) is 22.4 Å². The smallest absolute Gasteiger partial charge is 0.340 e. The Kier molecular flexibility index (Phi) is 3.81. The van der Waals surface area contributed by atoms with Crippen LogP contribution < -0.4 is 4.74 Å². The van der Waals surface area contributed by atoms with Crippen LogP contribution in [0.5, 0.6) is 5.75 Å². The van der Waals surface area contributed by atoms with Gasteiger partial charge in [0, 0.05) is 18.1 Å². The number of carbonyl (C=O) groups is 1. The summed E-state index contributed by atoms with van der Waals surface area (Å²) in [6, 6.07) is 2.88. The van der Waals surface area contributed by atoms with E-state index >= 15 is 0 Å². The van der Waals surface area contributed by atoms with Crippen molar-refractivity contribution >= 4 is 22.6 Å². The summed E-state index contributed by atoms with van der Waals surface area (Å²) < 4.78 is 34.3. The molecular formula is C12H14O6S. The first-order valence-electron chi connectivity index (χ1n) is 5.34. The number of carbonyl (C=O) groups excluding carboxylic acids is 1. The Morgan fingerprint density at radius 3 is 2.68 bits per heavy atom. The molecule has 1 aliphatic rings. The average Bonchev–Trinajstić information content (AvgIpc) is 2.71. The molecule has 1 aromatic carbocycles. The van der Waals surface area contributed by atoms with Gasteiger partial charge in [0.2, 0.25) is 0 Å². The van der Waals surface area contributed by atoms with Gasteiger partial charge in [0.25, 0.3) is 0 Å². The Hall–Kier alpha value is -1.54. The van der Waals surface area contributed by atoms with E-state index in [-0.39, 0.29) is 17.3 Å². The predicted octanol–water partition coefficient (Wildman–Crippen LogP) is 2.55. The quantitative estimate of drug-likeness (QED) is 0.653. The minimum absolute atomic E-state index is 0.174. The van der Waals surface area contributed by atoms with Crippen molar-refractivity contribution < 1.29 is 28.1 Å². The third-order valence-electron chi connectivity index (χ3n) is 2.62. The van der Waals surface area contributed by atoms with Crippen molar-refractivity contribution in [3.05, 3.63) is 28.7 Å². The van der Waals surface area contributed by atoms with E-state index in [1.807, 2.05) is 0 Å². The summed E-state index contributed by atoms with van der Waals surface area (Å²) in [6.45, 7) is -0.174. The highest BCUT2D eigenvalue weighted by Gasteiger charge is 2.27. The van der Waals surface area contributed by atoms with Crippen LogP contribution in [0.2, 0.25) is 0 Å². The topological polar surface area (TPSA) is 85.2 Å². The van der Waals surface area contributed by atoms with Crippen LogP contribution in [0.1, 0.15) is 15.9 Å². The summed E-state index contributed by atoms with van der Waals surface area (Å²) in [5.41, 5.74) is 0.738. The van der Waals surface area contributed by atoms with Gasteiger partial charge in [-0.15, -0.1) is 10.6 Å². The fourth-order valence-corrected chi connectivity index (χ4v) is 3.00. The van der Waals surface area contributed by atoms with E-state index in [0.717, 1.165) is 0 Å². The second-order valence-corrected chi connectivity index (χ2v) is 5.72. The van der Waals surface area contributed by atoms with Crippen LogP contribution in [0.4, 0.5) is 0 Å². The fourth-order valence-electron chi connectivity index (χ4n) is 1.73. The molecule has 1 heterocycles. The largest absolute Gasteiger partial charge is 0.496 e. The third-order valence-corrected chi connectivity index (χ3v) is 4.12. The Morgan fingerprint density at radius 1 is 1.32 bits per heavy atom. The van der Waals surface area contributed by atoms with Gasteiger partial charge in [-0.2, -0.15) is 0 Å². The molecule has 0 amide bonds. The zero-order chi connectivity index (χ0) is 14.0. The minimum atomic E-state index is -3.01. The molecule has 19 heavy (non-hydrogen) atoms. The Bertz CT molecular complexity index is 537. The van der Waals surface area contributed by atoms with Crippen molar-refractivity contribution in [2.45, 2.75) is 4.90 Å². The van der Waals surface area contributed by atoms with Crippen molar-refractivity contribution in [1.29, 1.82) is 0 Å². The van der Waals surface area contributed by atoms with Gasteiger partial charge in [-0.25, -0.2) is 4.79 Å². The highest BCUT2D eigenvalue weighted by Crippen LogP contribution is 2.58. The molecule has 0 spiro atoms. The first-order valence-corrected chi connectivity index (χ1v) is 6.95. The van der Waals surface area contributed by atoms with Crippen molar-refractivity contribution in [3.63, 3.8) is 0 Å². The van der Waals surface area contributed by atoms with Crippen molar-refractivity contribution in [3.8, 4) is 5.75 Å². The molecule has 2 rings (SSSR count). The van der Waals surface area contributed by atoms with Crippen LogP contribution in [-0.2, 0) is 9.47 Å². The lowest BCUT2D eigenvalue weighted by atomic mass is 10.1. The van der Waals surface area contributed by atoms with E-state index in [4.69, 9.17) is 9.47 Å². The fraction of sp³-hybridized carbons (Fsp3) is 0.250.